The zero-order valence-corrected chi connectivity index (χ0v) is 11.6. The normalized spacial score (nSPS) is 11.8. The Morgan fingerprint density at radius 2 is 2.00 bits per heavy atom. The average Bonchev–Trinajstić information content (AvgIpc) is 2.42. The van der Waals surface area contributed by atoms with E-state index in [1.165, 1.54) is 12.5 Å². The molecule has 0 saturated heterocycles. The quantitative estimate of drug-likeness (QED) is 0.322. The third-order valence-corrected chi connectivity index (χ3v) is 2.68. The number of allylic oxidation sites excluding steroid dienone is 2. The van der Waals surface area contributed by atoms with Gasteiger partial charge in [0.25, 0.3) is 0 Å². The molecule has 0 bridgehead atoms. The number of oxime groups is 1. The second-order valence-electron chi connectivity index (χ2n) is 4.33. The summed E-state index contributed by atoms with van der Waals surface area (Å²) in [5.74, 6) is -0.372. The van der Waals surface area contributed by atoms with Gasteiger partial charge in [0.2, 0.25) is 0 Å². The van der Waals surface area contributed by atoms with Crippen molar-refractivity contribution in [2.75, 3.05) is 0 Å². The Bertz CT molecular complexity index is 435. The average molecular weight is 259 g/mol. The smallest absolute Gasteiger partial charge is 0.319 e. The molecule has 0 aliphatic heterocycles. The largest absolute Gasteiger partial charge is 0.331 e. The Morgan fingerprint density at radius 1 is 1.26 bits per heavy atom. The zero-order valence-electron chi connectivity index (χ0n) is 11.6. The van der Waals surface area contributed by atoms with Crippen LogP contribution >= 0.6 is 0 Å². The van der Waals surface area contributed by atoms with Gasteiger partial charge in [0.15, 0.2) is 0 Å². The van der Waals surface area contributed by atoms with Crippen molar-refractivity contribution < 1.29 is 9.63 Å². The van der Waals surface area contributed by atoms with E-state index >= 15 is 0 Å². The fourth-order valence-electron chi connectivity index (χ4n) is 1.70. The molecule has 0 N–H and O–H groups in total. The van der Waals surface area contributed by atoms with Crippen molar-refractivity contribution >= 4 is 11.7 Å². The Balaban J connectivity index is 2.52. The summed E-state index contributed by atoms with van der Waals surface area (Å²) in [6.45, 7) is 3.36. The third kappa shape index (κ3) is 7.19. The fourth-order valence-corrected chi connectivity index (χ4v) is 1.70. The van der Waals surface area contributed by atoms with Crippen LogP contribution in [0, 0.1) is 0 Å². The van der Waals surface area contributed by atoms with Gasteiger partial charge < -0.3 is 4.84 Å². The first-order valence-electron chi connectivity index (χ1n) is 6.60. The van der Waals surface area contributed by atoms with Crippen LogP contribution in [0.3, 0.4) is 0 Å². The Morgan fingerprint density at radius 3 is 2.63 bits per heavy atom. The molecule has 0 saturated carbocycles. The second kappa shape index (κ2) is 9.09. The van der Waals surface area contributed by atoms with E-state index in [9.17, 15) is 4.79 Å². The first kappa shape index (κ1) is 15.2. The molecule has 0 aliphatic rings. The van der Waals surface area contributed by atoms with Crippen LogP contribution in [0.2, 0.25) is 0 Å². The van der Waals surface area contributed by atoms with Gasteiger partial charge in [0.1, 0.15) is 0 Å². The molecule has 0 spiro atoms. The minimum atomic E-state index is -0.372. The number of aryl methyl sites for hydroxylation is 1. The fraction of sp³-hybridized carbons (Fsp3) is 0.375. The van der Waals surface area contributed by atoms with Crippen LogP contribution < -0.4 is 0 Å². The van der Waals surface area contributed by atoms with E-state index < -0.39 is 0 Å². The highest BCUT2D eigenvalue weighted by Crippen LogP contribution is 2.07. The van der Waals surface area contributed by atoms with E-state index in [-0.39, 0.29) is 5.97 Å². The van der Waals surface area contributed by atoms with Crippen LogP contribution in [-0.4, -0.2) is 11.7 Å². The predicted molar refractivity (Wildman–Crippen MR) is 78.0 cm³/mol. The van der Waals surface area contributed by atoms with Crippen molar-refractivity contribution in [3.05, 3.63) is 48.0 Å². The van der Waals surface area contributed by atoms with Crippen molar-refractivity contribution in [2.45, 2.75) is 39.5 Å². The van der Waals surface area contributed by atoms with E-state index in [0.29, 0.717) is 0 Å². The van der Waals surface area contributed by atoms with Crippen LogP contribution in [0.4, 0.5) is 0 Å². The van der Waals surface area contributed by atoms with Crippen LogP contribution in [0.15, 0.2) is 47.6 Å². The van der Waals surface area contributed by atoms with Gasteiger partial charge in [0, 0.05) is 6.92 Å². The highest BCUT2D eigenvalue weighted by atomic mass is 16.7. The molecule has 0 aliphatic carbocycles. The molecular formula is C16H21NO2. The van der Waals surface area contributed by atoms with Crippen molar-refractivity contribution in [1.29, 1.82) is 0 Å². The van der Waals surface area contributed by atoms with Gasteiger partial charge in [-0.15, -0.1) is 0 Å². The summed E-state index contributed by atoms with van der Waals surface area (Å²) >= 11 is 0. The van der Waals surface area contributed by atoms with E-state index in [4.69, 9.17) is 4.84 Å². The summed E-state index contributed by atoms with van der Waals surface area (Å²) in [5, 5.41) is 3.94. The highest BCUT2D eigenvalue weighted by Gasteiger charge is 2.02. The van der Waals surface area contributed by atoms with Crippen LogP contribution in [0.25, 0.3) is 0 Å². The number of hydrogen-bond acceptors (Lipinski definition) is 3. The number of hydrogen-bond donors (Lipinski definition) is 0. The first-order chi connectivity index (χ1) is 9.22. The Hall–Kier alpha value is -1.90. The lowest BCUT2D eigenvalue weighted by Crippen LogP contribution is -2.04. The molecule has 0 heterocycles. The number of rotatable bonds is 7. The van der Waals surface area contributed by atoms with E-state index in [1.54, 1.807) is 0 Å². The summed E-state index contributed by atoms with van der Waals surface area (Å²) in [6.07, 6.45) is 7.58. The number of benzene rings is 1. The second-order valence-corrected chi connectivity index (χ2v) is 4.33. The lowest BCUT2D eigenvalue weighted by molar-refractivity contribution is -0.140. The molecule has 0 radical (unpaired) electrons. The van der Waals surface area contributed by atoms with Crippen LogP contribution in [0.1, 0.15) is 38.7 Å². The highest BCUT2D eigenvalue weighted by molar-refractivity contribution is 5.85. The third-order valence-electron chi connectivity index (χ3n) is 2.68. The van der Waals surface area contributed by atoms with Gasteiger partial charge in [0.05, 0.1) is 5.71 Å². The van der Waals surface area contributed by atoms with Crippen molar-refractivity contribution in [3.63, 3.8) is 0 Å². The molecule has 3 heteroatoms. The molecule has 0 amide bonds. The monoisotopic (exact) mass is 259 g/mol. The Labute approximate surface area is 115 Å². The first-order valence-corrected chi connectivity index (χ1v) is 6.60. The summed E-state index contributed by atoms with van der Waals surface area (Å²) in [5.41, 5.74) is 2.20. The van der Waals surface area contributed by atoms with E-state index in [2.05, 4.69) is 23.4 Å². The lowest BCUT2D eigenvalue weighted by atomic mass is 10.0. The van der Waals surface area contributed by atoms with Crippen molar-refractivity contribution in [1.82, 2.24) is 0 Å². The molecule has 0 aromatic heterocycles. The van der Waals surface area contributed by atoms with Gasteiger partial charge in [-0.2, -0.15) is 0 Å². The van der Waals surface area contributed by atoms with Crippen molar-refractivity contribution in [2.24, 2.45) is 5.16 Å². The van der Waals surface area contributed by atoms with E-state index in [1.807, 2.05) is 31.2 Å². The maximum absolute atomic E-state index is 10.8. The zero-order chi connectivity index (χ0) is 13.9. The molecule has 0 fully saturated rings. The lowest BCUT2D eigenvalue weighted by Gasteiger charge is -2.05. The maximum Gasteiger partial charge on any atom is 0.331 e. The molecule has 0 unspecified atom stereocenters. The predicted octanol–water partition coefficient (Wildman–Crippen LogP) is 3.89. The maximum atomic E-state index is 10.8. The standard InChI is InChI=1S/C16H21NO2/c1-3-4-6-11-16(17-19-14(2)18)13-12-15-9-7-5-8-10-15/h3-5,7-10H,6,11-13H2,1-2H3/b4-3+,17-16+. The molecule has 3 nitrogen and oxygen atoms in total. The number of nitrogens with zero attached hydrogens (tertiary/aromatic N) is 1. The molecule has 1 rings (SSSR count). The SMILES string of the molecule is C/C=C/CC/C(CCc1ccccc1)=N\OC(C)=O. The molecule has 19 heavy (non-hydrogen) atoms. The minimum Gasteiger partial charge on any atom is -0.319 e. The summed E-state index contributed by atoms with van der Waals surface area (Å²) in [7, 11) is 0. The van der Waals surface area contributed by atoms with Crippen LogP contribution in [-0.2, 0) is 16.1 Å². The van der Waals surface area contributed by atoms with Crippen molar-refractivity contribution in [3.8, 4) is 0 Å². The minimum absolute atomic E-state index is 0.372. The molecule has 102 valence electrons. The number of carbonyl (C=O) groups excluding carboxylic acids is 1. The molecular weight excluding hydrogens is 238 g/mol. The number of carbonyl (C=O) groups is 1. The summed E-state index contributed by atoms with van der Waals surface area (Å²) in [6, 6.07) is 10.2. The molecule has 1 aromatic carbocycles. The van der Waals surface area contributed by atoms with Gasteiger partial charge in [-0.3, -0.25) is 0 Å². The summed E-state index contributed by atoms with van der Waals surface area (Å²) < 4.78 is 0. The van der Waals surface area contributed by atoms with Gasteiger partial charge in [-0.1, -0.05) is 47.6 Å². The Kier molecular flexibility index (Phi) is 7.25. The van der Waals surface area contributed by atoms with Crippen LogP contribution in [0.5, 0.6) is 0 Å². The van der Waals surface area contributed by atoms with Gasteiger partial charge in [-0.05, 0) is 38.2 Å². The summed E-state index contributed by atoms with van der Waals surface area (Å²) in [4.78, 5) is 15.6. The van der Waals surface area contributed by atoms with Gasteiger partial charge in [-0.25, -0.2) is 4.79 Å². The topological polar surface area (TPSA) is 38.7 Å². The molecule has 1 aromatic rings. The molecule has 0 atom stereocenters. The van der Waals surface area contributed by atoms with E-state index in [0.717, 1.165) is 31.4 Å². The van der Waals surface area contributed by atoms with Gasteiger partial charge >= 0.3 is 5.97 Å².